The van der Waals surface area contributed by atoms with Crippen LogP contribution in [0.15, 0.2) is 24.3 Å². The summed E-state index contributed by atoms with van der Waals surface area (Å²) in [6.45, 7) is 7.22. The van der Waals surface area contributed by atoms with E-state index < -0.39 is 11.7 Å². The minimum absolute atomic E-state index is 0.233. The lowest BCUT2D eigenvalue weighted by atomic mass is 10.1. The van der Waals surface area contributed by atoms with Gasteiger partial charge in [-0.15, -0.1) is 12.6 Å². The molecule has 5 N–H and O–H groups in total. The maximum absolute atomic E-state index is 12.7. The Morgan fingerprint density at radius 3 is 1.09 bits per heavy atom. The Bertz CT molecular complexity index is 884. The van der Waals surface area contributed by atoms with Gasteiger partial charge in [0.05, 0.1) is 0 Å². The van der Waals surface area contributed by atoms with Crippen molar-refractivity contribution in [2.45, 2.75) is 219 Å². The molecule has 0 aromatic rings. The van der Waals surface area contributed by atoms with Crippen molar-refractivity contribution in [2.24, 2.45) is 0 Å². The number of nitrogens with one attached hydrogen (secondary N) is 3. The molecule has 10 heteroatoms. The van der Waals surface area contributed by atoms with Gasteiger partial charge in [0.25, 0.3) is 0 Å². The Morgan fingerprint density at radius 2 is 0.830 bits per heavy atom. The molecule has 8 nitrogen and oxygen atoms in total. The molecule has 312 valence electrons. The molecule has 0 bridgehead atoms. The van der Waals surface area contributed by atoms with E-state index in [4.69, 9.17) is 0 Å². The summed E-state index contributed by atoms with van der Waals surface area (Å²) < 4.78 is 0.620. The Kier molecular flexibility index (Phi) is 37.9. The Labute approximate surface area is 338 Å². The number of allylic oxidation sites excluding steroid dienone is 4. The highest BCUT2D eigenvalue weighted by molar-refractivity contribution is 8.10. The minimum Gasteiger partial charge on any atom is -0.364 e. The second-order valence-electron chi connectivity index (χ2n) is 15.2. The van der Waals surface area contributed by atoms with E-state index in [1.807, 2.05) is 14.1 Å². The van der Waals surface area contributed by atoms with E-state index in [0.717, 1.165) is 71.1 Å². The van der Waals surface area contributed by atoms with Crippen molar-refractivity contribution in [3.05, 3.63) is 24.3 Å². The van der Waals surface area contributed by atoms with Crippen LogP contribution in [0.4, 0.5) is 0 Å². The highest BCUT2D eigenvalue weighted by Crippen LogP contribution is 2.13. The molecule has 2 amide bonds. The zero-order valence-electron chi connectivity index (χ0n) is 35.1. The number of aliphatic hydroxyl groups is 2. The van der Waals surface area contributed by atoms with Crippen molar-refractivity contribution >= 4 is 41.0 Å². The highest BCUT2D eigenvalue weighted by atomic mass is 32.1. The fourth-order valence-corrected chi connectivity index (χ4v) is 5.96. The molecular weight excluding hydrogens is 701 g/mol. The van der Waals surface area contributed by atoms with Gasteiger partial charge in [-0.3, -0.25) is 9.59 Å². The number of thiocarbonyl (C=S) groups is 1. The van der Waals surface area contributed by atoms with E-state index in [1.54, 1.807) is 11.8 Å². The minimum atomic E-state index is -2.26. The van der Waals surface area contributed by atoms with Crippen LogP contribution in [0, 0.1) is 0 Å². The summed E-state index contributed by atoms with van der Waals surface area (Å²) in [5.74, 6) is -4.19. The fraction of sp³-hybridized carbons (Fsp3) is 0.837. The van der Waals surface area contributed by atoms with Crippen LogP contribution in [-0.2, 0) is 9.59 Å². The van der Waals surface area contributed by atoms with Crippen LogP contribution in [0.5, 0.6) is 0 Å². The second kappa shape index (κ2) is 37.5. The number of amides is 2. The molecule has 0 saturated carbocycles. The van der Waals surface area contributed by atoms with E-state index in [0.29, 0.717) is 17.2 Å². The Morgan fingerprint density at radius 1 is 0.566 bits per heavy atom. The lowest BCUT2D eigenvalue weighted by Gasteiger charge is -2.37. The average Bonchev–Trinajstić information content (AvgIpc) is 3.07. The van der Waals surface area contributed by atoms with Crippen LogP contribution in [0.25, 0.3) is 0 Å². The van der Waals surface area contributed by atoms with Crippen molar-refractivity contribution in [1.82, 2.24) is 20.9 Å². The van der Waals surface area contributed by atoms with Gasteiger partial charge in [0, 0.05) is 33.9 Å². The Balaban J connectivity index is 0. The van der Waals surface area contributed by atoms with Crippen LogP contribution in [-0.4, -0.2) is 57.0 Å². The molecule has 0 aromatic heterocycles. The molecule has 0 rings (SSSR count). The van der Waals surface area contributed by atoms with Gasteiger partial charge in [-0.25, -0.2) is 5.32 Å². The first kappa shape index (κ1) is 53.6. The van der Waals surface area contributed by atoms with Gasteiger partial charge in [0.15, 0.2) is 5.79 Å². The molecular formula is C43H84N4O4S2. The molecule has 0 aromatic carbocycles. The van der Waals surface area contributed by atoms with Crippen molar-refractivity contribution < 1.29 is 19.8 Å². The molecule has 0 saturated heterocycles. The second-order valence-corrected chi connectivity index (χ2v) is 16.3. The predicted molar refractivity (Wildman–Crippen MR) is 235 cm³/mol. The van der Waals surface area contributed by atoms with E-state index in [-0.39, 0.29) is 11.8 Å². The van der Waals surface area contributed by atoms with Crippen LogP contribution in [0.3, 0.4) is 0 Å². The number of carbonyl (C=O) groups is 2. The maximum Gasteiger partial charge on any atom is 0.222 e. The summed E-state index contributed by atoms with van der Waals surface area (Å²) in [5.41, 5.74) is 0. The molecule has 0 spiro atoms. The van der Waals surface area contributed by atoms with Crippen LogP contribution >= 0.6 is 24.8 Å². The summed E-state index contributed by atoms with van der Waals surface area (Å²) in [7, 11) is 3.71. The number of thiol groups is 1. The maximum atomic E-state index is 12.7. The summed E-state index contributed by atoms with van der Waals surface area (Å²) in [4.78, 5) is 27.1. The number of hydrogen-bond acceptors (Lipinski definition) is 6. The molecule has 0 fully saturated rings. The average molecular weight is 785 g/mol. The molecule has 0 radical (unpaired) electrons. The van der Waals surface area contributed by atoms with E-state index in [2.05, 4.69) is 78.9 Å². The zero-order valence-corrected chi connectivity index (χ0v) is 36.8. The first-order valence-corrected chi connectivity index (χ1v) is 22.2. The van der Waals surface area contributed by atoms with Gasteiger partial charge in [0.2, 0.25) is 17.7 Å². The van der Waals surface area contributed by atoms with Gasteiger partial charge >= 0.3 is 0 Å². The van der Waals surface area contributed by atoms with Gasteiger partial charge in [-0.1, -0.05) is 153 Å². The topological polar surface area (TPSA) is 114 Å². The predicted octanol–water partition coefficient (Wildman–Crippen LogP) is 11.0. The van der Waals surface area contributed by atoms with Crippen LogP contribution in [0.1, 0.15) is 207 Å². The summed E-state index contributed by atoms with van der Waals surface area (Å²) in [6, 6.07) is 0. The van der Waals surface area contributed by atoms with Crippen LogP contribution < -0.4 is 16.0 Å². The highest BCUT2D eigenvalue weighted by Gasteiger charge is 2.34. The standard InChI is InChI=1S/C40H77N3O4.C3H7NS2/c1-5-7-9-11-13-15-17-19-21-23-25-27-29-31-33-35-37(44)41-39(3,43-40(4,46)47)42-38(45)36-34-32-30-28-26-24-22-20-18-16-14-12-10-8-6-2;1-4(2)3(5)6/h19-22,43,46-47H,5-18,23-36H2,1-4H3,(H,41,44)(H,42,45);1-2H3,(H,5,6)/b21-19-,22-20-;. The van der Waals surface area contributed by atoms with Gasteiger partial charge in [-0.2, -0.15) is 0 Å². The molecule has 0 aliphatic rings. The van der Waals surface area contributed by atoms with Gasteiger partial charge in [-0.05, 0) is 71.1 Å². The third-order valence-electron chi connectivity index (χ3n) is 8.98. The number of rotatable bonds is 34. The quantitative estimate of drug-likeness (QED) is 0.0127. The molecule has 53 heavy (non-hydrogen) atoms. The molecule has 0 aliphatic heterocycles. The van der Waals surface area contributed by atoms with Gasteiger partial charge < -0.3 is 25.7 Å². The first-order valence-electron chi connectivity index (χ1n) is 21.3. The lowest BCUT2D eigenvalue weighted by molar-refractivity contribution is -0.191. The zero-order chi connectivity index (χ0) is 40.1. The third kappa shape index (κ3) is 43.1. The van der Waals surface area contributed by atoms with Crippen molar-refractivity contribution in [1.29, 1.82) is 0 Å². The lowest BCUT2D eigenvalue weighted by Crippen LogP contribution is -2.71. The summed E-state index contributed by atoms with van der Waals surface area (Å²) in [5, 5.41) is 28.0. The SMILES string of the molecule is CCCCCCCC/C=C\CCCCCCCC(=O)NC(C)(NC(=O)CCCCCCC/C=C\CCCCCCCC)NC(C)(O)O.CN(C)C(=S)S. The summed E-state index contributed by atoms with van der Waals surface area (Å²) >= 11 is 8.46. The third-order valence-corrected chi connectivity index (χ3v) is 9.74. The smallest absolute Gasteiger partial charge is 0.222 e. The first-order chi connectivity index (χ1) is 25.3. The normalized spacial score (nSPS) is 11.9. The molecule has 0 unspecified atom stereocenters. The number of unbranched alkanes of at least 4 members (excludes halogenated alkanes) is 22. The number of hydrogen-bond donors (Lipinski definition) is 6. The number of nitrogens with zero attached hydrogens (tertiary/aromatic N) is 1. The monoisotopic (exact) mass is 785 g/mol. The van der Waals surface area contributed by atoms with Crippen molar-refractivity contribution in [3.63, 3.8) is 0 Å². The fourth-order valence-electron chi connectivity index (χ4n) is 5.96. The van der Waals surface area contributed by atoms with Gasteiger partial charge in [0.1, 0.15) is 4.32 Å². The van der Waals surface area contributed by atoms with E-state index in [9.17, 15) is 19.8 Å². The van der Waals surface area contributed by atoms with Crippen LogP contribution in [0.2, 0.25) is 0 Å². The largest absolute Gasteiger partial charge is 0.364 e. The van der Waals surface area contributed by atoms with Crippen molar-refractivity contribution in [2.75, 3.05) is 14.1 Å². The molecule has 0 aliphatic carbocycles. The Hall–Kier alpha value is -1.46. The van der Waals surface area contributed by atoms with E-state index in [1.165, 1.54) is 103 Å². The number of carbonyl (C=O) groups excluding carboxylic acids is 2. The molecule has 0 heterocycles. The molecule has 0 atom stereocenters. The summed E-state index contributed by atoms with van der Waals surface area (Å²) in [6.07, 6.45) is 41.0. The van der Waals surface area contributed by atoms with E-state index >= 15 is 0 Å². The van der Waals surface area contributed by atoms with Crippen molar-refractivity contribution in [3.8, 4) is 0 Å².